The number of piperidine rings is 1. The Hall–Kier alpha value is -2.64. The molecule has 0 aliphatic carbocycles. The number of aromatic nitrogens is 2. The second-order valence-electron chi connectivity index (χ2n) is 6.61. The number of carbonyl (C=O) groups is 1. The lowest BCUT2D eigenvalue weighted by atomic mass is 10.1. The molecule has 1 aliphatic rings. The number of hydrogen-bond acceptors (Lipinski definition) is 6. The van der Waals surface area contributed by atoms with Crippen molar-refractivity contribution in [3.63, 3.8) is 0 Å². The molecule has 1 saturated heterocycles. The van der Waals surface area contributed by atoms with Crippen LogP contribution in [0.3, 0.4) is 0 Å². The third-order valence-corrected chi connectivity index (χ3v) is 5.96. The third kappa shape index (κ3) is 3.81. The first kappa shape index (κ1) is 18.7. The van der Waals surface area contributed by atoms with Gasteiger partial charge in [-0.2, -0.15) is 0 Å². The highest BCUT2D eigenvalue weighted by molar-refractivity contribution is 7.19. The Labute approximate surface area is 172 Å². The summed E-state index contributed by atoms with van der Waals surface area (Å²) < 4.78 is 0. The fourth-order valence-electron chi connectivity index (χ4n) is 3.32. The van der Waals surface area contributed by atoms with Crippen molar-refractivity contribution >= 4 is 45.2 Å². The van der Waals surface area contributed by atoms with Gasteiger partial charge in [-0.15, -0.1) is 0 Å². The van der Waals surface area contributed by atoms with Crippen LogP contribution in [0.1, 0.15) is 29.8 Å². The zero-order valence-electron chi connectivity index (χ0n) is 15.2. The maximum atomic E-state index is 12.9. The van der Waals surface area contributed by atoms with Gasteiger partial charge in [0.1, 0.15) is 10.0 Å². The summed E-state index contributed by atoms with van der Waals surface area (Å²) in [5.74, 6) is -0.349. The van der Waals surface area contributed by atoms with E-state index in [2.05, 4.69) is 20.2 Å². The molecule has 3 aromatic rings. The Morgan fingerprint density at radius 2 is 1.96 bits per heavy atom. The number of nitrogens with one attached hydrogen (secondary N) is 1. The van der Waals surface area contributed by atoms with Gasteiger partial charge in [-0.25, -0.2) is 4.98 Å². The van der Waals surface area contributed by atoms with Crippen LogP contribution in [-0.2, 0) is 0 Å². The van der Waals surface area contributed by atoms with Crippen molar-refractivity contribution in [3.8, 4) is 10.6 Å². The van der Waals surface area contributed by atoms with E-state index in [1.165, 1.54) is 17.8 Å². The Balaban J connectivity index is 1.59. The van der Waals surface area contributed by atoms with Crippen molar-refractivity contribution in [2.45, 2.75) is 19.3 Å². The van der Waals surface area contributed by atoms with Gasteiger partial charge < -0.3 is 16.0 Å². The molecule has 1 fully saturated rings. The number of thiazole rings is 1. The fourth-order valence-corrected chi connectivity index (χ4v) is 4.47. The van der Waals surface area contributed by atoms with Crippen molar-refractivity contribution in [3.05, 3.63) is 53.4 Å². The number of nitrogen functional groups attached to an aromatic ring is 1. The molecule has 0 bridgehead atoms. The van der Waals surface area contributed by atoms with E-state index in [1.54, 1.807) is 18.5 Å². The molecular weight excluding hydrogens is 394 g/mol. The van der Waals surface area contributed by atoms with E-state index < -0.39 is 0 Å². The summed E-state index contributed by atoms with van der Waals surface area (Å²) in [5, 5.41) is 4.48. The molecular formula is C20H20ClN5OS. The highest BCUT2D eigenvalue weighted by Gasteiger charge is 2.21. The number of benzene rings is 1. The zero-order valence-corrected chi connectivity index (χ0v) is 16.8. The largest absolute Gasteiger partial charge is 0.389 e. The Bertz CT molecular complexity index is 1000. The number of nitrogens with two attached hydrogens (primary N) is 1. The second-order valence-corrected chi connectivity index (χ2v) is 8.04. The van der Waals surface area contributed by atoms with Crippen molar-refractivity contribution in [1.29, 1.82) is 0 Å². The van der Waals surface area contributed by atoms with Crippen molar-refractivity contribution in [1.82, 2.24) is 9.97 Å². The van der Waals surface area contributed by atoms with Gasteiger partial charge >= 0.3 is 0 Å². The highest BCUT2D eigenvalue weighted by Crippen LogP contribution is 2.35. The van der Waals surface area contributed by atoms with Crippen LogP contribution in [-0.4, -0.2) is 29.0 Å². The summed E-state index contributed by atoms with van der Waals surface area (Å²) in [6.07, 6.45) is 6.95. The number of rotatable bonds is 4. The standard InChI is InChI=1S/C20H20ClN5OS/c21-14-7-3-2-6-13(14)20-25-17(18(22)28-20)19(27)24-15-12-23-9-8-16(15)26-10-4-1-5-11-26/h2-3,6-9,12H,1,4-5,10-11,22H2,(H,24,27). The SMILES string of the molecule is Nc1sc(-c2ccccc2Cl)nc1C(=O)Nc1cnccc1N1CCCCC1. The lowest BCUT2D eigenvalue weighted by molar-refractivity contribution is 0.102. The first-order valence-corrected chi connectivity index (χ1v) is 10.3. The van der Waals surface area contributed by atoms with Gasteiger partial charge in [-0.05, 0) is 31.4 Å². The number of carbonyl (C=O) groups excluding carboxylic acids is 1. The molecule has 3 N–H and O–H groups in total. The Kier molecular flexibility index (Phi) is 5.45. The van der Waals surface area contributed by atoms with E-state index in [0.717, 1.165) is 37.2 Å². The Morgan fingerprint density at radius 3 is 2.75 bits per heavy atom. The van der Waals surface area contributed by atoms with E-state index in [1.807, 2.05) is 24.3 Å². The molecule has 6 nitrogen and oxygen atoms in total. The molecule has 1 aromatic carbocycles. The summed E-state index contributed by atoms with van der Waals surface area (Å²) in [7, 11) is 0. The summed E-state index contributed by atoms with van der Waals surface area (Å²) >= 11 is 7.50. The molecule has 0 spiro atoms. The van der Waals surface area contributed by atoms with Crippen LogP contribution in [0.4, 0.5) is 16.4 Å². The van der Waals surface area contributed by atoms with Crippen LogP contribution >= 0.6 is 22.9 Å². The van der Waals surface area contributed by atoms with Crippen molar-refractivity contribution in [2.75, 3.05) is 29.0 Å². The number of hydrogen-bond donors (Lipinski definition) is 2. The lowest BCUT2D eigenvalue weighted by Crippen LogP contribution is -2.30. The summed E-state index contributed by atoms with van der Waals surface area (Å²) in [6.45, 7) is 1.95. The minimum absolute atomic E-state index is 0.202. The maximum Gasteiger partial charge on any atom is 0.277 e. The molecule has 0 radical (unpaired) electrons. The molecule has 0 saturated carbocycles. The lowest BCUT2D eigenvalue weighted by Gasteiger charge is -2.30. The number of halogens is 1. The number of amides is 1. The van der Waals surface area contributed by atoms with Crippen LogP contribution in [0.25, 0.3) is 10.6 Å². The zero-order chi connectivity index (χ0) is 19.5. The quantitative estimate of drug-likeness (QED) is 0.648. The average Bonchev–Trinajstić information content (AvgIpc) is 3.11. The van der Waals surface area contributed by atoms with Gasteiger partial charge in [0.15, 0.2) is 5.69 Å². The van der Waals surface area contributed by atoms with Gasteiger partial charge in [0, 0.05) is 24.8 Å². The monoisotopic (exact) mass is 413 g/mol. The predicted molar refractivity (Wildman–Crippen MR) is 115 cm³/mol. The molecule has 28 heavy (non-hydrogen) atoms. The molecule has 8 heteroatoms. The smallest absolute Gasteiger partial charge is 0.277 e. The van der Waals surface area contributed by atoms with Crippen LogP contribution < -0.4 is 16.0 Å². The molecule has 1 amide bonds. The minimum atomic E-state index is -0.349. The molecule has 2 aromatic heterocycles. The molecule has 1 aliphatic heterocycles. The number of anilines is 3. The van der Waals surface area contributed by atoms with Gasteiger partial charge in [-0.3, -0.25) is 9.78 Å². The summed E-state index contributed by atoms with van der Waals surface area (Å²) in [5.41, 5.74) is 8.69. The van der Waals surface area contributed by atoms with Crippen LogP contribution in [0.15, 0.2) is 42.7 Å². The third-order valence-electron chi connectivity index (χ3n) is 4.72. The van der Waals surface area contributed by atoms with Gasteiger partial charge in [0.05, 0.1) is 22.6 Å². The van der Waals surface area contributed by atoms with Gasteiger partial charge in [0.2, 0.25) is 0 Å². The highest BCUT2D eigenvalue weighted by atomic mass is 35.5. The average molecular weight is 414 g/mol. The summed E-state index contributed by atoms with van der Waals surface area (Å²) in [6, 6.07) is 9.30. The van der Waals surface area contributed by atoms with Gasteiger partial charge in [0.25, 0.3) is 5.91 Å². The first-order valence-electron chi connectivity index (χ1n) is 9.15. The van der Waals surface area contributed by atoms with E-state index in [-0.39, 0.29) is 11.6 Å². The van der Waals surface area contributed by atoms with Gasteiger partial charge in [-0.1, -0.05) is 41.1 Å². The van der Waals surface area contributed by atoms with E-state index in [4.69, 9.17) is 17.3 Å². The first-order chi connectivity index (χ1) is 13.6. The van der Waals surface area contributed by atoms with Crippen LogP contribution in [0, 0.1) is 0 Å². The van der Waals surface area contributed by atoms with E-state index >= 15 is 0 Å². The predicted octanol–water partition coefficient (Wildman–Crippen LogP) is 4.68. The van der Waals surface area contributed by atoms with E-state index in [0.29, 0.717) is 20.7 Å². The molecule has 3 heterocycles. The molecule has 4 rings (SSSR count). The van der Waals surface area contributed by atoms with Crippen molar-refractivity contribution < 1.29 is 4.79 Å². The topological polar surface area (TPSA) is 84.1 Å². The minimum Gasteiger partial charge on any atom is -0.389 e. The van der Waals surface area contributed by atoms with Crippen LogP contribution in [0.2, 0.25) is 5.02 Å². The molecule has 144 valence electrons. The second kappa shape index (κ2) is 8.16. The summed E-state index contributed by atoms with van der Waals surface area (Å²) in [4.78, 5) is 23.8. The number of pyridine rings is 1. The fraction of sp³-hybridized carbons (Fsp3) is 0.250. The number of nitrogens with zero attached hydrogens (tertiary/aromatic N) is 3. The maximum absolute atomic E-state index is 12.9. The van der Waals surface area contributed by atoms with E-state index in [9.17, 15) is 4.79 Å². The normalized spacial score (nSPS) is 14.1. The molecule has 0 atom stereocenters. The Morgan fingerprint density at radius 1 is 1.18 bits per heavy atom. The van der Waals surface area contributed by atoms with Crippen molar-refractivity contribution in [2.24, 2.45) is 0 Å². The molecule has 0 unspecified atom stereocenters. The van der Waals surface area contributed by atoms with Crippen LogP contribution in [0.5, 0.6) is 0 Å².